The number of hydrogen-bond acceptors (Lipinski definition) is 5. The second kappa shape index (κ2) is 8.05. The molecule has 1 amide bonds. The normalized spacial score (nSPS) is 17.4. The van der Waals surface area contributed by atoms with E-state index in [1.165, 1.54) is 0 Å². The first-order valence-corrected chi connectivity index (χ1v) is 8.87. The fourth-order valence-electron chi connectivity index (χ4n) is 3.18. The molecule has 1 fully saturated rings. The van der Waals surface area contributed by atoms with Crippen molar-refractivity contribution in [3.05, 3.63) is 42.1 Å². The van der Waals surface area contributed by atoms with Crippen LogP contribution in [0.5, 0.6) is 11.6 Å². The summed E-state index contributed by atoms with van der Waals surface area (Å²) in [6.45, 7) is 5.44. The van der Waals surface area contributed by atoms with Crippen molar-refractivity contribution in [2.24, 2.45) is 0 Å². The van der Waals surface area contributed by atoms with E-state index < -0.39 is 0 Å². The lowest BCUT2D eigenvalue weighted by Crippen LogP contribution is -2.39. The third kappa shape index (κ3) is 4.13. The van der Waals surface area contributed by atoms with Crippen LogP contribution >= 0.6 is 0 Å². The molecule has 0 radical (unpaired) electrons. The van der Waals surface area contributed by atoms with Crippen molar-refractivity contribution >= 4 is 5.91 Å². The molecule has 6 heteroatoms. The molecule has 0 unspecified atom stereocenters. The first-order valence-electron chi connectivity index (χ1n) is 8.87. The topological polar surface area (TPSA) is 68.2 Å². The predicted octanol–water partition coefficient (Wildman–Crippen LogP) is 3.48. The number of aromatic nitrogens is 3. The van der Waals surface area contributed by atoms with E-state index in [0.29, 0.717) is 24.6 Å². The van der Waals surface area contributed by atoms with E-state index in [2.05, 4.69) is 15.0 Å². The molecule has 3 heterocycles. The lowest BCUT2D eigenvalue weighted by atomic mass is 9.94. The highest BCUT2D eigenvalue weighted by molar-refractivity contribution is 5.76. The van der Waals surface area contributed by atoms with Gasteiger partial charge >= 0.3 is 0 Å². The van der Waals surface area contributed by atoms with Crippen LogP contribution in [0.25, 0.3) is 0 Å². The van der Waals surface area contributed by atoms with Gasteiger partial charge in [-0.05, 0) is 38.3 Å². The van der Waals surface area contributed by atoms with Gasteiger partial charge in [-0.3, -0.25) is 14.8 Å². The van der Waals surface area contributed by atoms with Crippen molar-refractivity contribution in [3.63, 3.8) is 0 Å². The maximum atomic E-state index is 12.2. The van der Waals surface area contributed by atoms with Crippen molar-refractivity contribution < 1.29 is 9.53 Å². The standard InChI is InChI=1S/C19H24N4O2/c1-3-6-17(24)23-12-5-7-15(13-23)18-19(22-11-10-21-18)25-16-8-4-9-20-14(16)2/h4,8-11,15H,3,5-7,12-13H2,1-2H3/t15-/m1/s1. The number of hydrogen-bond donors (Lipinski definition) is 0. The maximum Gasteiger partial charge on any atom is 0.241 e. The van der Waals surface area contributed by atoms with Gasteiger partial charge in [-0.15, -0.1) is 0 Å². The minimum atomic E-state index is 0.148. The van der Waals surface area contributed by atoms with Gasteiger partial charge in [0.1, 0.15) is 5.69 Å². The molecule has 2 aromatic heterocycles. The van der Waals surface area contributed by atoms with E-state index in [1.807, 2.05) is 30.9 Å². The van der Waals surface area contributed by atoms with Crippen LogP contribution in [0.2, 0.25) is 0 Å². The zero-order valence-corrected chi connectivity index (χ0v) is 14.8. The molecule has 0 bridgehead atoms. The van der Waals surface area contributed by atoms with Crippen molar-refractivity contribution in [1.82, 2.24) is 19.9 Å². The Bertz CT molecular complexity index is 735. The number of amides is 1. The van der Waals surface area contributed by atoms with Gasteiger partial charge in [0.15, 0.2) is 5.75 Å². The summed E-state index contributed by atoms with van der Waals surface area (Å²) >= 11 is 0. The zero-order chi connectivity index (χ0) is 17.6. The third-order valence-corrected chi connectivity index (χ3v) is 4.48. The van der Waals surface area contributed by atoms with Gasteiger partial charge < -0.3 is 9.64 Å². The van der Waals surface area contributed by atoms with Crippen LogP contribution in [0, 0.1) is 6.92 Å². The smallest absolute Gasteiger partial charge is 0.241 e. The van der Waals surface area contributed by atoms with E-state index in [4.69, 9.17) is 4.74 Å². The highest BCUT2D eigenvalue weighted by Crippen LogP contribution is 2.33. The van der Waals surface area contributed by atoms with E-state index in [9.17, 15) is 4.79 Å². The Morgan fingerprint density at radius 3 is 2.92 bits per heavy atom. The minimum Gasteiger partial charge on any atom is -0.435 e. The van der Waals surface area contributed by atoms with Crippen molar-refractivity contribution in [2.75, 3.05) is 13.1 Å². The van der Waals surface area contributed by atoms with Gasteiger partial charge in [0, 0.05) is 44.0 Å². The van der Waals surface area contributed by atoms with Crippen molar-refractivity contribution in [1.29, 1.82) is 0 Å². The largest absolute Gasteiger partial charge is 0.435 e. The molecule has 3 rings (SSSR count). The Labute approximate surface area is 148 Å². The van der Waals surface area contributed by atoms with Crippen molar-refractivity contribution in [2.45, 2.75) is 45.4 Å². The van der Waals surface area contributed by atoms with Gasteiger partial charge in [0.25, 0.3) is 0 Å². The number of pyridine rings is 1. The number of likely N-dealkylation sites (tertiary alicyclic amines) is 1. The average Bonchev–Trinajstić information content (AvgIpc) is 2.64. The molecule has 1 aliphatic rings. The number of carbonyl (C=O) groups excluding carboxylic acids is 1. The second-order valence-electron chi connectivity index (χ2n) is 6.36. The molecular weight excluding hydrogens is 316 g/mol. The molecular formula is C19H24N4O2. The molecule has 25 heavy (non-hydrogen) atoms. The van der Waals surface area contributed by atoms with Crippen LogP contribution in [0.1, 0.15) is 49.9 Å². The fraction of sp³-hybridized carbons (Fsp3) is 0.474. The number of ether oxygens (including phenoxy) is 1. The van der Waals surface area contributed by atoms with E-state index in [0.717, 1.165) is 37.2 Å². The van der Waals surface area contributed by atoms with Crippen LogP contribution in [-0.2, 0) is 4.79 Å². The first-order chi connectivity index (χ1) is 12.2. The Morgan fingerprint density at radius 2 is 2.12 bits per heavy atom. The lowest BCUT2D eigenvalue weighted by molar-refractivity contribution is -0.132. The van der Waals surface area contributed by atoms with Crippen LogP contribution in [-0.4, -0.2) is 38.8 Å². The Hall–Kier alpha value is -2.50. The molecule has 0 saturated carbocycles. The van der Waals surface area contributed by atoms with E-state index in [-0.39, 0.29) is 11.8 Å². The average molecular weight is 340 g/mol. The van der Waals surface area contributed by atoms with E-state index >= 15 is 0 Å². The number of piperidine rings is 1. The summed E-state index contributed by atoms with van der Waals surface area (Å²) in [4.78, 5) is 27.3. The molecule has 1 aliphatic heterocycles. The summed E-state index contributed by atoms with van der Waals surface area (Å²) in [6.07, 6.45) is 8.49. The molecule has 2 aromatic rings. The predicted molar refractivity (Wildman–Crippen MR) is 94.5 cm³/mol. The van der Waals surface area contributed by atoms with Crippen LogP contribution in [0.3, 0.4) is 0 Å². The number of carbonyl (C=O) groups is 1. The van der Waals surface area contributed by atoms with Gasteiger partial charge in [0.2, 0.25) is 11.8 Å². The van der Waals surface area contributed by atoms with Crippen LogP contribution in [0.4, 0.5) is 0 Å². The molecule has 132 valence electrons. The number of rotatable bonds is 5. The SMILES string of the molecule is CCCC(=O)N1CCC[C@@H](c2nccnc2Oc2cccnc2C)C1. The Morgan fingerprint density at radius 1 is 1.28 bits per heavy atom. The molecule has 0 N–H and O–H groups in total. The molecule has 6 nitrogen and oxygen atoms in total. The molecule has 1 saturated heterocycles. The fourth-order valence-corrected chi connectivity index (χ4v) is 3.18. The van der Waals surface area contributed by atoms with E-state index in [1.54, 1.807) is 18.6 Å². The Kier molecular flexibility index (Phi) is 5.58. The van der Waals surface area contributed by atoms with Gasteiger partial charge in [0.05, 0.1) is 5.69 Å². The maximum absolute atomic E-state index is 12.2. The first kappa shape index (κ1) is 17.3. The summed E-state index contributed by atoms with van der Waals surface area (Å²) < 4.78 is 6.00. The number of nitrogens with zero attached hydrogens (tertiary/aromatic N) is 4. The third-order valence-electron chi connectivity index (χ3n) is 4.48. The Balaban J connectivity index is 1.80. The zero-order valence-electron chi connectivity index (χ0n) is 14.8. The molecule has 0 aliphatic carbocycles. The molecule has 0 aromatic carbocycles. The summed E-state index contributed by atoms with van der Waals surface area (Å²) in [6, 6.07) is 3.71. The van der Waals surface area contributed by atoms with Gasteiger partial charge in [-0.25, -0.2) is 4.98 Å². The quantitative estimate of drug-likeness (QED) is 0.833. The highest BCUT2D eigenvalue weighted by Gasteiger charge is 2.28. The minimum absolute atomic E-state index is 0.148. The van der Waals surface area contributed by atoms with Gasteiger partial charge in [-0.2, -0.15) is 0 Å². The number of aryl methyl sites for hydroxylation is 1. The summed E-state index contributed by atoms with van der Waals surface area (Å²) in [5.74, 6) is 1.56. The van der Waals surface area contributed by atoms with Gasteiger partial charge in [-0.1, -0.05) is 6.92 Å². The van der Waals surface area contributed by atoms with Crippen molar-refractivity contribution in [3.8, 4) is 11.6 Å². The summed E-state index contributed by atoms with van der Waals surface area (Å²) in [5.41, 5.74) is 1.63. The highest BCUT2D eigenvalue weighted by atomic mass is 16.5. The molecule has 0 spiro atoms. The monoisotopic (exact) mass is 340 g/mol. The summed E-state index contributed by atoms with van der Waals surface area (Å²) in [5, 5.41) is 0. The second-order valence-corrected chi connectivity index (χ2v) is 6.36. The lowest BCUT2D eigenvalue weighted by Gasteiger charge is -2.32. The summed E-state index contributed by atoms with van der Waals surface area (Å²) in [7, 11) is 0. The van der Waals surface area contributed by atoms with Crippen LogP contribution < -0.4 is 4.74 Å². The van der Waals surface area contributed by atoms with Crippen LogP contribution in [0.15, 0.2) is 30.7 Å². The molecule has 1 atom stereocenters.